The van der Waals surface area contributed by atoms with Crippen LogP contribution in [0.2, 0.25) is 0 Å². The molecule has 0 amide bonds. The number of thiophene rings is 1. The third-order valence-corrected chi connectivity index (χ3v) is 4.19. The minimum absolute atomic E-state index is 0.0648. The molecule has 5 heteroatoms. The van der Waals surface area contributed by atoms with Crippen LogP contribution in [0.3, 0.4) is 0 Å². The number of hydrogen-bond donors (Lipinski definition) is 1. The van der Waals surface area contributed by atoms with Gasteiger partial charge in [-0.1, -0.05) is 6.92 Å². The molecule has 0 bridgehead atoms. The number of aryl methyl sites for hydroxylation is 2. The zero-order valence-corrected chi connectivity index (χ0v) is 11.5. The Morgan fingerprint density at radius 3 is 2.95 bits per heavy atom. The lowest BCUT2D eigenvalue weighted by molar-refractivity contribution is 1.12. The molecule has 3 heterocycles. The van der Waals surface area contributed by atoms with Crippen molar-refractivity contribution in [3.05, 3.63) is 45.3 Å². The van der Waals surface area contributed by atoms with Crippen molar-refractivity contribution in [1.82, 2.24) is 15.0 Å². The number of pyridine rings is 1. The van der Waals surface area contributed by atoms with Gasteiger partial charge >= 0.3 is 0 Å². The van der Waals surface area contributed by atoms with Gasteiger partial charge in [-0.15, -0.1) is 11.3 Å². The monoisotopic (exact) mass is 271 g/mol. The third kappa shape index (κ3) is 1.96. The van der Waals surface area contributed by atoms with E-state index in [4.69, 9.17) is 0 Å². The normalized spacial score (nSPS) is 11.1. The molecule has 0 radical (unpaired) electrons. The number of fused-ring (bicyclic) bond motifs is 1. The summed E-state index contributed by atoms with van der Waals surface area (Å²) in [5, 5.41) is 0.734. The largest absolute Gasteiger partial charge is 0.306 e. The van der Waals surface area contributed by atoms with Gasteiger partial charge in [-0.2, -0.15) is 0 Å². The SMILES string of the molecule is CCc1c(C)sc2nc(-c3cccnc3)[nH]c(=O)c12. The van der Waals surface area contributed by atoms with Crippen LogP contribution in [-0.2, 0) is 6.42 Å². The van der Waals surface area contributed by atoms with Crippen LogP contribution in [0.25, 0.3) is 21.6 Å². The zero-order valence-electron chi connectivity index (χ0n) is 10.7. The van der Waals surface area contributed by atoms with Crippen LogP contribution in [0.5, 0.6) is 0 Å². The third-order valence-electron chi connectivity index (χ3n) is 3.15. The van der Waals surface area contributed by atoms with Crippen LogP contribution >= 0.6 is 11.3 Å². The summed E-state index contributed by atoms with van der Waals surface area (Å²) < 4.78 is 0. The van der Waals surface area contributed by atoms with Gasteiger partial charge in [0.2, 0.25) is 0 Å². The van der Waals surface area contributed by atoms with Gasteiger partial charge in [-0.05, 0) is 31.0 Å². The standard InChI is InChI=1S/C14H13N3OS/c1-3-10-8(2)19-14-11(10)13(18)16-12(17-14)9-5-4-6-15-7-9/h4-7H,3H2,1-2H3,(H,16,17,18). The maximum Gasteiger partial charge on any atom is 0.260 e. The van der Waals surface area contributed by atoms with E-state index in [2.05, 4.69) is 21.9 Å². The first-order valence-corrected chi connectivity index (χ1v) is 6.95. The average molecular weight is 271 g/mol. The highest BCUT2D eigenvalue weighted by molar-refractivity contribution is 7.18. The fourth-order valence-corrected chi connectivity index (χ4v) is 3.35. The summed E-state index contributed by atoms with van der Waals surface area (Å²) in [7, 11) is 0. The summed E-state index contributed by atoms with van der Waals surface area (Å²) in [6.45, 7) is 4.09. The van der Waals surface area contributed by atoms with E-state index in [9.17, 15) is 4.79 Å². The van der Waals surface area contributed by atoms with E-state index in [-0.39, 0.29) is 5.56 Å². The lowest BCUT2D eigenvalue weighted by Gasteiger charge is -2.00. The Balaban J connectivity index is 2.30. The quantitative estimate of drug-likeness (QED) is 0.779. The number of hydrogen-bond acceptors (Lipinski definition) is 4. The van der Waals surface area contributed by atoms with Crippen LogP contribution in [0.4, 0.5) is 0 Å². The highest BCUT2D eigenvalue weighted by atomic mass is 32.1. The number of aromatic nitrogens is 3. The zero-order chi connectivity index (χ0) is 13.4. The smallest absolute Gasteiger partial charge is 0.260 e. The maximum absolute atomic E-state index is 12.3. The molecule has 3 aromatic rings. The van der Waals surface area contributed by atoms with Crippen molar-refractivity contribution >= 4 is 21.6 Å². The molecule has 19 heavy (non-hydrogen) atoms. The molecule has 0 fully saturated rings. The molecule has 0 atom stereocenters. The second-order valence-corrected chi connectivity index (χ2v) is 5.53. The second kappa shape index (κ2) is 4.59. The number of nitrogens with zero attached hydrogens (tertiary/aromatic N) is 2. The number of nitrogens with one attached hydrogen (secondary N) is 1. The molecule has 0 aliphatic carbocycles. The van der Waals surface area contributed by atoms with Gasteiger partial charge in [0, 0.05) is 22.8 Å². The molecule has 96 valence electrons. The van der Waals surface area contributed by atoms with Crippen molar-refractivity contribution in [3.63, 3.8) is 0 Å². The maximum atomic E-state index is 12.3. The number of aromatic amines is 1. The highest BCUT2D eigenvalue weighted by Gasteiger charge is 2.14. The van der Waals surface area contributed by atoms with Gasteiger partial charge < -0.3 is 4.98 Å². The topological polar surface area (TPSA) is 58.6 Å². The molecule has 0 aliphatic rings. The first kappa shape index (κ1) is 12.0. The molecule has 0 aromatic carbocycles. The molecule has 0 aliphatic heterocycles. The summed E-state index contributed by atoms with van der Waals surface area (Å²) in [6.07, 6.45) is 4.25. The van der Waals surface area contributed by atoms with E-state index in [0.29, 0.717) is 5.82 Å². The molecule has 1 N–H and O–H groups in total. The molecule has 0 saturated carbocycles. The highest BCUT2D eigenvalue weighted by Crippen LogP contribution is 2.28. The summed E-state index contributed by atoms with van der Waals surface area (Å²) in [6, 6.07) is 3.72. The average Bonchev–Trinajstić information content (AvgIpc) is 2.75. The molecule has 0 spiro atoms. The van der Waals surface area contributed by atoms with Crippen LogP contribution in [0, 0.1) is 6.92 Å². The predicted octanol–water partition coefficient (Wildman–Crippen LogP) is 2.92. The van der Waals surface area contributed by atoms with E-state index in [1.807, 2.05) is 19.1 Å². The van der Waals surface area contributed by atoms with Gasteiger partial charge in [0.25, 0.3) is 5.56 Å². The molecule has 3 aromatic heterocycles. The summed E-state index contributed by atoms with van der Waals surface area (Å²) in [4.78, 5) is 25.7. The molecule has 4 nitrogen and oxygen atoms in total. The molecular weight excluding hydrogens is 258 g/mol. The van der Waals surface area contributed by atoms with Crippen LogP contribution in [-0.4, -0.2) is 15.0 Å². The Hall–Kier alpha value is -2.01. The Kier molecular flexibility index (Phi) is 2.91. The van der Waals surface area contributed by atoms with E-state index in [1.54, 1.807) is 23.7 Å². The van der Waals surface area contributed by atoms with Gasteiger partial charge in [-0.25, -0.2) is 4.98 Å². The van der Waals surface area contributed by atoms with Crippen molar-refractivity contribution in [2.24, 2.45) is 0 Å². The van der Waals surface area contributed by atoms with E-state index < -0.39 is 0 Å². The molecule has 0 unspecified atom stereocenters. The van der Waals surface area contributed by atoms with Crippen LogP contribution < -0.4 is 5.56 Å². The minimum atomic E-state index is -0.0648. The van der Waals surface area contributed by atoms with E-state index >= 15 is 0 Å². The first-order valence-electron chi connectivity index (χ1n) is 6.13. The Bertz CT molecular complexity index is 790. The molecular formula is C14H13N3OS. The Morgan fingerprint density at radius 2 is 2.26 bits per heavy atom. The van der Waals surface area contributed by atoms with Gasteiger partial charge in [0.15, 0.2) is 0 Å². The molecule has 0 saturated heterocycles. The summed E-state index contributed by atoms with van der Waals surface area (Å²) in [5.74, 6) is 0.578. The lowest BCUT2D eigenvalue weighted by Crippen LogP contribution is -2.09. The summed E-state index contributed by atoms with van der Waals surface area (Å²) >= 11 is 1.57. The lowest BCUT2D eigenvalue weighted by atomic mass is 10.1. The van der Waals surface area contributed by atoms with Crippen molar-refractivity contribution < 1.29 is 0 Å². The predicted molar refractivity (Wildman–Crippen MR) is 77.6 cm³/mol. The Morgan fingerprint density at radius 1 is 1.42 bits per heavy atom. The number of H-pyrrole nitrogens is 1. The fraction of sp³-hybridized carbons (Fsp3) is 0.214. The van der Waals surface area contributed by atoms with Crippen molar-refractivity contribution in [2.75, 3.05) is 0 Å². The summed E-state index contributed by atoms with van der Waals surface area (Å²) in [5.41, 5.74) is 1.86. The van der Waals surface area contributed by atoms with E-state index in [0.717, 1.165) is 27.8 Å². The van der Waals surface area contributed by atoms with Gasteiger partial charge in [0.1, 0.15) is 10.7 Å². The van der Waals surface area contributed by atoms with Crippen LogP contribution in [0.15, 0.2) is 29.3 Å². The van der Waals surface area contributed by atoms with Crippen molar-refractivity contribution in [3.8, 4) is 11.4 Å². The van der Waals surface area contributed by atoms with Crippen LogP contribution in [0.1, 0.15) is 17.4 Å². The van der Waals surface area contributed by atoms with Gasteiger partial charge in [0.05, 0.1) is 5.39 Å². The molecule has 3 rings (SSSR count). The number of rotatable bonds is 2. The van der Waals surface area contributed by atoms with Crippen molar-refractivity contribution in [1.29, 1.82) is 0 Å². The second-order valence-electron chi connectivity index (χ2n) is 4.33. The Labute approximate surface area is 114 Å². The fourth-order valence-electron chi connectivity index (χ4n) is 2.24. The van der Waals surface area contributed by atoms with Crippen molar-refractivity contribution in [2.45, 2.75) is 20.3 Å². The minimum Gasteiger partial charge on any atom is -0.306 e. The van der Waals surface area contributed by atoms with Gasteiger partial charge in [-0.3, -0.25) is 9.78 Å². The van der Waals surface area contributed by atoms with E-state index in [1.165, 1.54) is 4.88 Å². The first-order chi connectivity index (χ1) is 9.20.